The minimum Gasteiger partial charge on any atom is -0.463 e. The van der Waals surface area contributed by atoms with Crippen molar-refractivity contribution in [3.63, 3.8) is 0 Å². The Balaban J connectivity index is 1.63. The topological polar surface area (TPSA) is 89.1 Å². The molecule has 2 heterocycles. The molecule has 0 aliphatic carbocycles. The summed E-state index contributed by atoms with van der Waals surface area (Å²) in [6, 6.07) is 14.3. The van der Waals surface area contributed by atoms with E-state index in [9.17, 15) is 9.59 Å². The molecule has 2 amide bonds. The van der Waals surface area contributed by atoms with E-state index in [4.69, 9.17) is 14.2 Å². The molecule has 168 valence electrons. The van der Waals surface area contributed by atoms with E-state index < -0.39 is 12.0 Å². The minimum atomic E-state index is -0.580. The van der Waals surface area contributed by atoms with Gasteiger partial charge in [0.2, 0.25) is 6.79 Å². The molecule has 0 bridgehead atoms. The van der Waals surface area contributed by atoms with Crippen molar-refractivity contribution in [2.45, 2.75) is 26.4 Å². The van der Waals surface area contributed by atoms with Crippen LogP contribution in [-0.2, 0) is 16.1 Å². The van der Waals surface area contributed by atoms with Crippen LogP contribution in [0.4, 0.5) is 4.79 Å². The van der Waals surface area contributed by atoms with Gasteiger partial charge in [-0.3, -0.25) is 4.90 Å². The number of nitrogens with one attached hydrogen (secondary N) is 2. The molecule has 2 aliphatic heterocycles. The Bertz CT molecular complexity index is 1020. The first-order valence-electron chi connectivity index (χ1n) is 10.7. The summed E-state index contributed by atoms with van der Waals surface area (Å²) in [6.45, 7) is 6.00. The maximum absolute atomic E-state index is 12.9. The summed E-state index contributed by atoms with van der Waals surface area (Å²) in [7, 11) is 0. The van der Waals surface area contributed by atoms with Gasteiger partial charge in [0.05, 0.1) is 18.2 Å². The molecule has 2 N–H and O–H groups in total. The number of esters is 1. The number of likely N-dealkylation sites (N-methyl/N-ethyl adjacent to an activating group) is 1. The van der Waals surface area contributed by atoms with Crippen LogP contribution in [0.15, 0.2) is 59.8 Å². The summed E-state index contributed by atoms with van der Waals surface area (Å²) < 4.78 is 16.2. The summed E-state index contributed by atoms with van der Waals surface area (Å²) in [5, 5.41) is 5.70. The van der Waals surface area contributed by atoms with Crippen LogP contribution in [0.1, 0.15) is 31.0 Å². The van der Waals surface area contributed by atoms with E-state index in [0.717, 1.165) is 22.6 Å². The largest absolute Gasteiger partial charge is 0.463 e. The van der Waals surface area contributed by atoms with Gasteiger partial charge < -0.3 is 24.8 Å². The van der Waals surface area contributed by atoms with E-state index in [1.807, 2.05) is 55.5 Å². The Kier molecular flexibility index (Phi) is 6.61. The number of carbonyl (C=O) groups excluding carboxylic acids is 2. The maximum atomic E-state index is 12.9. The Morgan fingerprint density at radius 3 is 2.62 bits per heavy atom. The first-order valence-corrected chi connectivity index (χ1v) is 10.7. The minimum absolute atomic E-state index is 0.228. The van der Waals surface area contributed by atoms with Crippen LogP contribution in [0.3, 0.4) is 0 Å². The predicted octanol–water partition coefficient (Wildman–Crippen LogP) is 3.11. The third kappa shape index (κ3) is 4.70. The second-order valence-corrected chi connectivity index (χ2v) is 7.55. The van der Waals surface area contributed by atoms with Crippen LogP contribution in [0.25, 0.3) is 0 Å². The van der Waals surface area contributed by atoms with Crippen molar-refractivity contribution in [2.24, 2.45) is 0 Å². The highest BCUT2D eigenvalue weighted by atomic mass is 16.7. The number of urea groups is 1. The monoisotopic (exact) mass is 437 g/mol. The lowest BCUT2D eigenvalue weighted by atomic mass is 9.95. The Morgan fingerprint density at radius 2 is 1.88 bits per heavy atom. The number of fused-ring (bicyclic) bond motifs is 1. The van der Waals surface area contributed by atoms with Crippen LogP contribution >= 0.6 is 0 Å². The van der Waals surface area contributed by atoms with E-state index in [2.05, 4.69) is 15.5 Å². The number of ether oxygens (including phenoxy) is 3. The molecule has 0 spiro atoms. The lowest BCUT2D eigenvalue weighted by Gasteiger charge is -2.32. The summed E-state index contributed by atoms with van der Waals surface area (Å²) in [6.07, 6.45) is 0. The van der Waals surface area contributed by atoms with Crippen molar-refractivity contribution in [3.05, 3.63) is 70.9 Å². The van der Waals surface area contributed by atoms with Crippen LogP contribution in [0.5, 0.6) is 11.5 Å². The van der Waals surface area contributed by atoms with Gasteiger partial charge in [-0.05, 0) is 36.7 Å². The average Bonchev–Trinajstić information content (AvgIpc) is 3.27. The molecule has 8 heteroatoms. The molecule has 1 unspecified atom stereocenters. The van der Waals surface area contributed by atoms with Crippen molar-refractivity contribution in [1.82, 2.24) is 15.5 Å². The number of amides is 2. The van der Waals surface area contributed by atoms with Crippen molar-refractivity contribution in [3.8, 4) is 11.5 Å². The number of benzene rings is 2. The molecule has 2 aromatic rings. The van der Waals surface area contributed by atoms with Crippen LogP contribution < -0.4 is 20.1 Å². The molecule has 8 nitrogen and oxygen atoms in total. The third-order valence-corrected chi connectivity index (χ3v) is 5.45. The van der Waals surface area contributed by atoms with E-state index >= 15 is 0 Å². The van der Waals surface area contributed by atoms with Gasteiger partial charge in [-0.25, -0.2) is 9.59 Å². The highest BCUT2D eigenvalue weighted by Crippen LogP contribution is 2.33. The van der Waals surface area contributed by atoms with Gasteiger partial charge in [0.25, 0.3) is 0 Å². The molecule has 0 saturated heterocycles. The molecule has 2 aliphatic rings. The summed E-state index contributed by atoms with van der Waals surface area (Å²) in [5.74, 6) is 1.02. The summed E-state index contributed by atoms with van der Waals surface area (Å²) in [5.41, 5.74) is 2.83. The molecule has 0 aromatic heterocycles. The number of rotatable bonds is 8. The molecule has 2 aromatic carbocycles. The number of carbonyl (C=O) groups is 2. The van der Waals surface area contributed by atoms with E-state index in [1.54, 1.807) is 6.92 Å². The SMILES string of the molecule is CCOC(=O)C1=C(CN(CC)Cc2ccc3c(c2)OCO3)NC(=O)NC1c1ccccc1. The zero-order valence-corrected chi connectivity index (χ0v) is 18.2. The van der Waals surface area contributed by atoms with Gasteiger partial charge in [-0.1, -0.05) is 43.3 Å². The highest BCUT2D eigenvalue weighted by molar-refractivity contribution is 5.95. The normalized spacial score (nSPS) is 17.2. The predicted molar refractivity (Wildman–Crippen MR) is 118 cm³/mol. The summed E-state index contributed by atoms with van der Waals surface area (Å²) >= 11 is 0. The summed E-state index contributed by atoms with van der Waals surface area (Å²) in [4.78, 5) is 27.6. The first kappa shape index (κ1) is 21.7. The van der Waals surface area contributed by atoms with Crippen molar-refractivity contribution >= 4 is 12.0 Å². The lowest BCUT2D eigenvalue weighted by molar-refractivity contribution is -0.139. The molecule has 0 saturated carbocycles. The van der Waals surface area contributed by atoms with E-state index in [0.29, 0.717) is 30.9 Å². The van der Waals surface area contributed by atoms with E-state index in [-0.39, 0.29) is 19.4 Å². The Labute approximate surface area is 187 Å². The van der Waals surface area contributed by atoms with Gasteiger partial charge in [0, 0.05) is 18.8 Å². The zero-order valence-electron chi connectivity index (χ0n) is 18.2. The number of hydrogen-bond acceptors (Lipinski definition) is 6. The molecule has 0 fully saturated rings. The fourth-order valence-electron chi connectivity index (χ4n) is 3.89. The smallest absolute Gasteiger partial charge is 0.338 e. The second-order valence-electron chi connectivity index (χ2n) is 7.55. The lowest BCUT2D eigenvalue weighted by Crippen LogP contribution is -2.48. The average molecular weight is 437 g/mol. The maximum Gasteiger partial charge on any atom is 0.338 e. The Hall–Kier alpha value is -3.52. The van der Waals surface area contributed by atoms with Crippen molar-refractivity contribution < 1.29 is 23.8 Å². The third-order valence-electron chi connectivity index (χ3n) is 5.45. The van der Waals surface area contributed by atoms with Gasteiger partial charge >= 0.3 is 12.0 Å². The van der Waals surface area contributed by atoms with Crippen LogP contribution in [0.2, 0.25) is 0 Å². The second kappa shape index (κ2) is 9.74. The van der Waals surface area contributed by atoms with Crippen LogP contribution in [-0.4, -0.2) is 43.4 Å². The quantitative estimate of drug-likeness (QED) is 0.617. The van der Waals surface area contributed by atoms with Crippen LogP contribution in [0, 0.1) is 0 Å². The van der Waals surface area contributed by atoms with Gasteiger partial charge in [-0.2, -0.15) is 0 Å². The standard InChI is InChI=1S/C24H27N3O5/c1-3-27(13-16-10-11-19-20(12-16)32-15-31-19)14-18-21(23(28)30-4-2)22(26-24(29)25-18)17-8-6-5-7-9-17/h5-12,22H,3-4,13-15H2,1-2H3,(H2,25,26,29). The molecule has 1 atom stereocenters. The highest BCUT2D eigenvalue weighted by Gasteiger charge is 2.34. The molecule has 0 radical (unpaired) electrons. The Morgan fingerprint density at radius 1 is 1.09 bits per heavy atom. The molecule has 4 rings (SSSR count). The number of nitrogens with zero attached hydrogens (tertiary/aromatic N) is 1. The van der Waals surface area contributed by atoms with Crippen molar-refractivity contribution in [1.29, 1.82) is 0 Å². The van der Waals surface area contributed by atoms with Gasteiger partial charge in [0.15, 0.2) is 11.5 Å². The molecular weight excluding hydrogens is 410 g/mol. The number of hydrogen-bond donors (Lipinski definition) is 2. The molecule has 32 heavy (non-hydrogen) atoms. The molecular formula is C24H27N3O5. The zero-order chi connectivity index (χ0) is 22.5. The fourth-order valence-corrected chi connectivity index (χ4v) is 3.89. The fraction of sp³-hybridized carbons (Fsp3) is 0.333. The van der Waals surface area contributed by atoms with Gasteiger partial charge in [0.1, 0.15) is 0 Å². The van der Waals surface area contributed by atoms with Gasteiger partial charge in [-0.15, -0.1) is 0 Å². The van der Waals surface area contributed by atoms with E-state index in [1.165, 1.54) is 0 Å². The van der Waals surface area contributed by atoms with Crippen molar-refractivity contribution in [2.75, 3.05) is 26.5 Å². The first-order chi connectivity index (χ1) is 15.6.